The van der Waals surface area contributed by atoms with Crippen molar-refractivity contribution in [2.45, 2.75) is 37.7 Å². The predicted molar refractivity (Wildman–Crippen MR) is 121 cm³/mol. The molecule has 1 fully saturated rings. The summed E-state index contributed by atoms with van der Waals surface area (Å²) in [4.78, 5) is 28.8. The first kappa shape index (κ1) is 21.3. The van der Waals surface area contributed by atoms with Crippen LogP contribution in [0.1, 0.15) is 47.5 Å². The number of aliphatic hydroxyl groups is 1. The molecular weight excluding hydrogens is 412 g/mol. The van der Waals surface area contributed by atoms with Crippen molar-refractivity contribution in [3.63, 3.8) is 0 Å². The summed E-state index contributed by atoms with van der Waals surface area (Å²) in [6, 6.07) is 10.0. The molecule has 0 spiro atoms. The van der Waals surface area contributed by atoms with Gasteiger partial charge in [-0.2, -0.15) is 0 Å². The van der Waals surface area contributed by atoms with E-state index in [1.54, 1.807) is 23.0 Å². The third kappa shape index (κ3) is 5.39. The number of amides is 2. The lowest BCUT2D eigenvalue weighted by Gasteiger charge is -2.25. The quantitative estimate of drug-likeness (QED) is 0.549. The van der Waals surface area contributed by atoms with E-state index in [2.05, 4.69) is 27.8 Å². The monoisotopic (exact) mass is 438 g/mol. The van der Waals surface area contributed by atoms with Crippen LogP contribution in [0.25, 0.3) is 11.3 Å². The number of rotatable bonds is 6. The zero-order valence-corrected chi connectivity index (χ0v) is 18.2. The van der Waals surface area contributed by atoms with Crippen LogP contribution in [0.15, 0.2) is 48.1 Å². The minimum Gasteiger partial charge on any atom is -0.393 e. The molecule has 1 aliphatic rings. The standard InChI is InChI=1S/C23H26N4O3S/c1-27-10-9-18(13-27)22(30)24-12-21(29)26-23-25-20(14-31-23)17-4-2-3-16(11-17)15-5-7-19(28)8-6-15/h2-4,9-11,13-15,19,28H,5-8,12H2,1H3,(H,24,30)(H,25,26,29)/t15-,19+. The highest BCUT2D eigenvalue weighted by molar-refractivity contribution is 7.14. The second kappa shape index (κ2) is 9.45. The van der Waals surface area contributed by atoms with Crippen molar-refractivity contribution < 1.29 is 14.7 Å². The lowest BCUT2D eigenvalue weighted by atomic mass is 9.82. The molecule has 0 bridgehead atoms. The summed E-state index contributed by atoms with van der Waals surface area (Å²) in [5, 5.41) is 17.5. The van der Waals surface area contributed by atoms with Crippen molar-refractivity contribution in [1.29, 1.82) is 0 Å². The molecule has 4 rings (SSSR count). The van der Waals surface area contributed by atoms with Gasteiger partial charge in [0.15, 0.2) is 5.13 Å². The second-order valence-corrected chi connectivity index (χ2v) is 8.82. The van der Waals surface area contributed by atoms with Gasteiger partial charge in [0.05, 0.1) is 23.9 Å². The van der Waals surface area contributed by atoms with E-state index < -0.39 is 0 Å². The summed E-state index contributed by atoms with van der Waals surface area (Å²) >= 11 is 1.36. The highest BCUT2D eigenvalue weighted by Gasteiger charge is 2.21. The molecule has 7 nitrogen and oxygen atoms in total. The number of thiazole rings is 1. The lowest BCUT2D eigenvalue weighted by molar-refractivity contribution is -0.115. The smallest absolute Gasteiger partial charge is 0.253 e. The van der Waals surface area contributed by atoms with Crippen molar-refractivity contribution in [2.75, 3.05) is 11.9 Å². The average molecular weight is 439 g/mol. The van der Waals surface area contributed by atoms with Crippen molar-refractivity contribution in [3.05, 3.63) is 59.2 Å². The average Bonchev–Trinajstić information content (AvgIpc) is 3.42. The Morgan fingerprint density at radius 1 is 1.23 bits per heavy atom. The van der Waals surface area contributed by atoms with E-state index >= 15 is 0 Å². The Balaban J connectivity index is 1.34. The van der Waals surface area contributed by atoms with Gasteiger partial charge in [-0.05, 0) is 49.3 Å². The minimum absolute atomic E-state index is 0.119. The largest absolute Gasteiger partial charge is 0.393 e. The summed E-state index contributed by atoms with van der Waals surface area (Å²) in [5.41, 5.74) is 3.61. The van der Waals surface area contributed by atoms with Gasteiger partial charge in [-0.25, -0.2) is 4.98 Å². The Morgan fingerprint density at radius 2 is 2.03 bits per heavy atom. The molecule has 0 atom stereocenters. The fourth-order valence-corrected chi connectivity index (χ4v) is 4.62. The van der Waals surface area contributed by atoms with Crippen LogP contribution in [0, 0.1) is 0 Å². The van der Waals surface area contributed by atoms with Crippen LogP contribution in [0.4, 0.5) is 5.13 Å². The molecule has 1 aromatic carbocycles. The Morgan fingerprint density at radius 3 is 2.77 bits per heavy atom. The van der Waals surface area contributed by atoms with Gasteiger partial charge in [-0.1, -0.05) is 18.2 Å². The molecule has 2 aromatic heterocycles. The maximum absolute atomic E-state index is 12.2. The zero-order valence-electron chi connectivity index (χ0n) is 17.4. The minimum atomic E-state index is -0.320. The van der Waals surface area contributed by atoms with E-state index in [-0.39, 0.29) is 24.5 Å². The molecular formula is C23H26N4O3S. The third-order valence-corrected chi connectivity index (χ3v) is 6.36. The highest BCUT2D eigenvalue weighted by atomic mass is 32.1. The molecule has 8 heteroatoms. The van der Waals surface area contributed by atoms with Gasteiger partial charge in [0.2, 0.25) is 5.91 Å². The SMILES string of the molecule is Cn1ccc(C(=O)NCC(=O)Nc2nc(-c3cccc([C@H]4CC[C@@H](O)CC4)c3)cs2)c1. The summed E-state index contributed by atoms with van der Waals surface area (Å²) in [6.45, 7) is -0.119. The van der Waals surface area contributed by atoms with Crippen LogP contribution in [0.2, 0.25) is 0 Å². The number of hydrogen-bond donors (Lipinski definition) is 3. The van der Waals surface area contributed by atoms with Crippen LogP contribution in [0.5, 0.6) is 0 Å². The molecule has 0 unspecified atom stereocenters. The van der Waals surface area contributed by atoms with Gasteiger partial charge >= 0.3 is 0 Å². The molecule has 3 aromatic rings. The Hall–Kier alpha value is -2.97. The number of carbonyl (C=O) groups excluding carboxylic acids is 2. The van der Waals surface area contributed by atoms with Crippen LogP contribution >= 0.6 is 11.3 Å². The maximum Gasteiger partial charge on any atom is 0.253 e. The summed E-state index contributed by atoms with van der Waals surface area (Å²) in [7, 11) is 1.83. The molecule has 31 heavy (non-hydrogen) atoms. The summed E-state index contributed by atoms with van der Waals surface area (Å²) in [5.74, 6) is -0.142. The number of aromatic nitrogens is 2. The Bertz CT molecular complexity index is 1070. The number of nitrogens with one attached hydrogen (secondary N) is 2. The van der Waals surface area contributed by atoms with Crippen LogP contribution in [0.3, 0.4) is 0 Å². The molecule has 1 saturated carbocycles. The normalized spacial score (nSPS) is 18.5. The van der Waals surface area contributed by atoms with E-state index in [4.69, 9.17) is 0 Å². The van der Waals surface area contributed by atoms with Crippen LogP contribution in [-0.4, -0.2) is 39.1 Å². The van der Waals surface area contributed by atoms with Crippen LogP contribution < -0.4 is 10.6 Å². The lowest BCUT2D eigenvalue weighted by Crippen LogP contribution is -2.32. The first-order chi connectivity index (χ1) is 15.0. The predicted octanol–water partition coefficient (Wildman–Crippen LogP) is 3.54. The molecule has 0 aliphatic heterocycles. The maximum atomic E-state index is 12.2. The molecule has 162 valence electrons. The van der Waals surface area contributed by atoms with Gasteiger partial charge in [-0.15, -0.1) is 11.3 Å². The van der Waals surface area contributed by atoms with Gasteiger partial charge in [0.1, 0.15) is 0 Å². The Kier molecular flexibility index (Phi) is 6.48. The number of nitrogens with zero attached hydrogens (tertiary/aromatic N) is 2. The first-order valence-electron chi connectivity index (χ1n) is 10.4. The number of aliphatic hydroxyl groups excluding tert-OH is 1. The molecule has 2 heterocycles. The molecule has 2 amide bonds. The Labute approximate surface area is 185 Å². The summed E-state index contributed by atoms with van der Waals surface area (Å²) in [6.07, 6.45) is 7.00. The highest BCUT2D eigenvalue weighted by Crippen LogP contribution is 2.35. The van der Waals surface area contributed by atoms with E-state index in [0.717, 1.165) is 36.9 Å². The van der Waals surface area contributed by atoms with E-state index in [1.165, 1.54) is 16.9 Å². The van der Waals surface area contributed by atoms with Crippen molar-refractivity contribution in [2.24, 2.45) is 7.05 Å². The first-order valence-corrected chi connectivity index (χ1v) is 11.3. The molecule has 1 aliphatic carbocycles. The van der Waals surface area contributed by atoms with Crippen molar-refractivity contribution >= 4 is 28.3 Å². The number of aryl methyl sites for hydroxylation is 1. The van der Waals surface area contributed by atoms with Crippen molar-refractivity contribution in [1.82, 2.24) is 14.9 Å². The molecule has 3 N–H and O–H groups in total. The number of anilines is 1. The molecule has 0 radical (unpaired) electrons. The van der Waals surface area contributed by atoms with E-state index in [0.29, 0.717) is 16.6 Å². The van der Waals surface area contributed by atoms with Gasteiger partial charge in [0.25, 0.3) is 5.91 Å². The fraction of sp³-hybridized carbons (Fsp3) is 0.348. The topological polar surface area (TPSA) is 96.3 Å². The second-order valence-electron chi connectivity index (χ2n) is 7.97. The zero-order chi connectivity index (χ0) is 21.8. The van der Waals surface area contributed by atoms with Gasteiger partial charge in [-0.3, -0.25) is 9.59 Å². The summed E-state index contributed by atoms with van der Waals surface area (Å²) < 4.78 is 1.78. The van der Waals surface area contributed by atoms with Gasteiger partial charge < -0.3 is 20.3 Å². The van der Waals surface area contributed by atoms with E-state index in [9.17, 15) is 14.7 Å². The van der Waals surface area contributed by atoms with E-state index in [1.807, 2.05) is 24.6 Å². The third-order valence-electron chi connectivity index (χ3n) is 5.60. The van der Waals surface area contributed by atoms with Gasteiger partial charge in [0, 0.05) is 30.4 Å². The van der Waals surface area contributed by atoms with Crippen LogP contribution in [-0.2, 0) is 11.8 Å². The molecule has 0 saturated heterocycles. The number of hydrogen-bond acceptors (Lipinski definition) is 5. The van der Waals surface area contributed by atoms with Crippen molar-refractivity contribution in [3.8, 4) is 11.3 Å². The fourth-order valence-electron chi connectivity index (χ4n) is 3.89. The number of carbonyl (C=O) groups is 2. The number of benzene rings is 1.